The van der Waals surface area contributed by atoms with Crippen LogP contribution in [-0.2, 0) is 19.2 Å². The van der Waals surface area contributed by atoms with Gasteiger partial charge in [0.25, 0.3) is 0 Å². The number of nitrogens with two attached hydrogens (primary N) is 2. The molecule has 0 bridgehead atoms. The fraction of sp³-hybridized carbons (Fsp3) is 0.833. The van der Waals surface area contributed by atoms with Crippen LogP contribution in [0.4, 0.5) is 0 Å². The van der Waals surface area contributed by atoms with E-state index in [4.69, 9.17) is 11.5 Å². The third-order valence-electron chi connectivity index (χ3n) is 6.51. The molecular formula is C24H44N4O5. The predicted octanol–water partition coefficient (Wildman–Crippen LogP) is 1.21. The molecule has 7 N–H and O–H groups in total. The number of rotatable bonds is 14. The molecule has 33 heavy (non-hydrogen) atoms. The second-order valence-corrected chi connectivity index (χ2v) is 10.6. The number of primary amides is 2. The normalized spacial score (nSPS) is 19.0. The number of hydrogen-bond acceptors (Lipinski definition) is 5. The van der Waals surface area contributed by atoms with Gasteiger partial charge in [-0.15, -0.1) is 0 Å². The van der Waals surface area contributed by atoms with Gasteiger partial charge in [-0.3, -0.25) is 19.2 Å². The molecule has 4 amide bonds. The van der Waals surface area contributed by atoms with Gasteiger partial charge < -0.3 is 27.2 Å². The van der Waals surface area contributed by atoms with Gasteiger partial charge in [-0.2, -0.15) is 0 Å². The van der Waals surface area contributed by atoms with Gasteiger partial charge in [-0.25, -0.2) is 0 Å². The molecule has 9 nitrogen and oxygen atoms in total. The SMILES string of the molecule is CC(C)CNC(=O)C1(NC(=O)C(C)CC(O)C(CC(C)C)C(CC(N)=O)C(N)=O)CCCC1. The molecule has 0 spiro atoms. The zero-order valence-electron chi connectivity index (χ0n) is 20.9. The quantitative estimate of drug-likeness (QED) is 0.258. The Balaban J connectivity index is 2.92. The molecule has 1 fully saturated rings. The molecular weight excluding hydrogens is 424 g/mol. The van der Waals surface area contributed by atoms with E-state index in [0.29, 0.717) is 31.7 Å². The third-order valence-corrected chi connectivity index (χ3v) is 6.51. The minimum atomic E-state index is -1.03. The molecule has 0 heterocycles. The number of hydrogen-bond donors (Lipinski definition) is 5. The van der Waals surface area contributed by atoms with Crippen LogP contribution in [0.3, 0.4) is 0 Å². The maximum Gasteiger partial charge on any atom is 0.245 e. The van der Waals surface area contributed by atoms with E-state index in [1.807, 2.05) is 27.7 Å². The number of carbonyl (C=O) groups excluding carboxylic acids is 4. The highest BCUT2D eigenvalue weighted by Crippen LogP contribution is 2.32. The van der Waals surface area contributed by atoms with Crippen molar-refractivity contribution in [3.05, 3.63) is 0 Å². The highest BCUT2D eigenvalue weighted by Gasteiger charge is 2.43. The van der Waals surface area contributed by atoms with Crippen molar-refractivity contribution in [1.29, 1.82) is 0 Å². The van der Waals surface area contributed by atoms with Crippen molar-refractivity contribution in [3.8, 4) is 0 Å². The predicted molar refractivity (Wildman–Crippen MR) is 126 cm³/mol. The molecule has 4 unspecified atom stereocenters. The van der Waals surface area contributed by atoms with Gasteiger partial charge in [0.15, 0.2) is 0 Å². The lowest BCUT2D eigenvalue weighted by molar-refractivity contribution is -0.136. The second-order valence-electron chi connectivity index (χ2n) is 10.6. The molecule has 1 aliphatic carbocycles. The van der Waals surface area contributed by atoms with Crippen molar-refractivity contribution in [1.82, 2.24) is 10.6 Å². The smallest absolute Gasteiger partial charge is 0.245 e. The van der Waals surface area contributed by atoms with Crippen LogP contribution in [-0.4, -0.2) is 46.9 Å². The molecule has 1 saturated carbocycles. The molecule has 0 aromatic heterocycles. The third kappa shape index (κ3) is 8.95. The minimum absolute atomic E-state index is 0.0788. The molecule has 190 valence electrons. The molecule has 1 aliphatic rings. The Hall–Kier alpha value is -2.16. The van der Waals surface area contributed by atoms with Gasteiger partial charge in [0.05, 0.1) is 12.0 Å². The van der Waals surface area contributed by atoms with E-state index in [1.165, 1.54) is 0 Å². The molecule has 0 saturated heterocycles. The number of nitrogens with one attached hydrogen (secondary N) is 2. The summed E-state index contributed by atoms with van der Waals surface area (Å²) in [7, 11) is 0. The summed E-state index contributed by atoms with van der Waals surface area (Å²) in [5, 5.41) is 16.9. The Kier molecular flexibility index (Phi) is 11.3. The number of carbonyl (C=O) groups is 4. The summed E-state index contributed by atoms with van der Waals surface area (Å²) in [4.78, 5) is 49.4. The highest BCUT2D eigenvalue weighted by molar-refractivity contribution is 5.92. The van der Waals surface area contributed by atoms with E-state index in [2.05, 4.69) is 10.6 Å². The van der Waals surface area contributed by atoms with Gasteiger partial charge >= 0.3 is 0 Å². The first-order chi connectivity index (χ1) is 15.3. The fourth-order valence-electron chi connectivity index (χ4n) is 4.67. The molecule has 0 aliphatic heterocycles. The van der Waals surface area contributed by atoms with Crippen LogP contribution in [0.15, 0.2) is 0 Å². The van der Waals surface area contributed by atoms with Crippen molar-refractivity contribution in [2.45, 2.75) is 91.2 Å². The monoisotopic (exact) mass is 468 g/mol. The first-order valence-electron chi connectivity index (χ1n) is 12.1. The summed E-state index contributed by atoms with van der Waals surface area (Å²) in [6.45, 7) is 10.1. The summed E-state index contributed by atoms with van der Waals surface area (Å²) in [6.07, 6.45) is 2.13. The van der Waals surface area contributed by atoms with Crippen LogP contribution < -0.4 is 22.1 Å². The molecule has 0 aromatic carbocycles. The van der Waals surface area contributed by atoms with E-state index in [-0.39, 0.29) is 30.6 Å². The van der Waals surface area contributed by atoms with Crippen LogP contribution in [0.1, 0.15) is 79.6 Å². The van der Waals surface area contributed by atoms with E-state index in [1.54, 1.807) is 6.92 Å². The Morgan fingerprint density at radius 3 is 1.97 bits per heavy atom. The van der Waals surface area contributed by atoms with Crippen molar-refractivity contribution in [2.75, 3.05) is 6.54 Å². The number of aliphatic hydroxyl groups excluding tert-OH is 1. The Morgan fingerprint density at radius 1 is 0.939 bits per heavy atom. The van der Waals surface area contributed by atoms with Crippen LogP contribution in [0.25, 0.3) is 0 Å². The topological polar surface area (TPSA) is 165 Å². The Bertz CT molecular complexity index is 688. The van der Waals surface area contributed by atoms with Crippen LogP contribution in [0, 0.1) is 29.6 Å². The van der Waals surface area contributed by atoms with E-state index in [0.717, 1.165) is 12.8 Å². The Labute approximate surface area is 197 Å². The zero-order chi connectivity index (χ0) is 25.3. The summed E-state index contributed by atoms with van der Waals surface area (Å²) >= 11 is 0. The molecule has 1 rings (SSSR count). The Morgan fingerprint density at radius 2 is 1.52 bits per heavy atom. The van der Waals surface area contributed by atoms with E-state index >= 15 is 0 Å². The average molecular weight is 469 g/mol. The highest BCUT2D eigenvalue weighted by atomic mass is 16.3. The van der Waals surface area contributed by atoms with Gasteiger partial charge in [-0.05, 0) is 43.4 Å². The molecule has 9 heteroatoms. The van der Waals surface area contributed by atoms with Crippen molar-refractivity contribution in [2.24, 2.45) is 41.1 Å². The second kappa shape index (κ2) is 12.9. The van der Waals surface area contributed by atoms with Crippen molar-refractivity contribution < 1.29 is 24.3 Å². The van der Waals surface area contributed by atoms with Gasteiger partial charge in [0.1, 0.15) is 5.54 Å². The van der Waals surface area contributed by atoms with Crippen LogP contribution >= 0.6 is 0 Å². The zero-order valence-corrected chi connectivity index (χ0v) is 20.9. The van der Waals surface area contributed by atoms with Crippen LogP contribution in [0.2, 0.25) is 0 Å². The largest absolute Gasteiger partial charge is 0.393 e. The van der Waals surface area contributed by atoms with Gasteiger partial charge in [0, 0.05) is 18.9 Å². The van der Waals surface area contributed by atoms with Gasteiger partial charge in [0.2, 0.25) is 23.6 Å². The van der Waals surface area contributed by atoms with Crippen molar-refractivity contribution >= 4 is 23.6 Å². The summed E-state index contributed by atoms with van der Waals surface area (Å²) in [5.41, 5.74) is 9.89. The standard InChI is InChI=1S/C24H44N4O5/c1-14(2)10-17(18(21(26)31)12-20(25)30)19(29)11-16(5)22(32)28-24(8-6-7-9-24)23(33)27-13-15(3)4/h14-19,29H,6-13H2,1-5H3,(H2,25,30)(H2,26,31)(H,27,33)(H,28,32). The van der Waals surface area contributed by atoms with E-state index < -0.39 is 41.2 Å². The maximum absolute atomic E-state index is 13.0. The lowest BCUT2D eigenvalue weighted by Crippen LogP contribution is -2.58. The van der Waals surface area contributed by atoms with Crippen LogP contribution in [0.5, 0.6) is 0 Å². The summed E-state index contributed by atoms with van der Waals surface area (Å²) in [6, 6.07) is 0. The first kappa shape index (κ1) is 28.9. The first-order valence-corrected chi connectivity index (χ1v) is 12.1. The van der Waals surface area contributed by atoms with E-state index in [9.17, 15) is 24.3 Å². The number of aliphatic hydroxyl groups is 1. The molecule has 0 aromatic rings. The summed E-state index contributed by atoms with van der Waals surface area (Å²) in [5.74, 6) is -3.51. The maximum atomic E-state index is 13.0. The molecule has 4 atom stereocenters. The average Bonchev–Trinajstić information content (AvgIpc) is 3.17. The lowest BCUT2D eigenvalue weighted by Gasteiger charge is -2.33. The summed E-state index contributed by atoms with van der Waals surface area (Å²) < 4.78 is 0. The lowest BCUT2D eigenvalue weighted by atomic mass is 9.77. The minimum Gasteiger partial charge on any atom is -0.393 e. The number of amides is 4. The van der Waals surface area contributed by atoms with Crippen molar-refractivity contribution in [3.63, 3.8) is 0 Å². The van der Waals surface area contributed by atoms with Gasteiger partial charge in [-0.1, -0.05) is 47.5 Å². The molecule has 0 radical (unpaired) electrons. The fourth-order valence-corrected chi connectivity index (χ4v) is 4.67.